The summed E-state index contributed by atoms with van der Waals surface area (Å²) in [5.41, 5.74) is 4.72. The first kappa shape index (κ1) is 21.3. The maximum absolute atomic E-state index is 5.44. The Hall–Kier alpha value is -2.93. The van der Waals surface area contributed by atoms with Crippen LogP contribution in [0.25, 0.3) is 5.69 Å². The van der Waals surface area contributed by atoms with E-state index in [9.17, 15) is 0 Å². The summed E-state index contributed by atoms with van der Waals surface area (Å²) >= 11 is 1.56. The highest BCUT2D eigenvalue weighted by atomic mass is 32.2. The average Bonchev–Trinajstić information content (AvgIpc) is 3.34. The highest BCUT2D eigenvalue weighted by molar-refractivity contribution is 7.98. The van der Waals surface area contributed by atoms with Gasteiger partial charge >= 0.3 is 0 Å². The lowest BCUT2D eigenvalue weighted by molar-refractivity contribution is 0.382. The van der Waals surface area contributed by atoms with Crippen molar-refractivity contribution in [1.82, 2.24) is 24.9 Å². The van der Waals surface area contributed by atoms with Crippen molar-refractivity contribution < 1.29 is 4.52 Å². The molecule has 2 aromatic carbocycles. The molecule has 0 atom stereocenters. The second kappa shape index (κ2) is 9.47. The third kappa shape index (κ3) is 5.22. The van der Waals surface area contributed by atoms with Crippen LogP contribution in [0.1, 0.15) is 48.1 Å². The van der Waals surface area contributed by atoms with Crippen molar-refractivity contribution >= 4 is 11.8 Å². The number of hydrogen-bond acceptors (Lipinski definition) is 6. The van der Waals surface area contributed by atoms with Crippen LogP contribution in [0.4, 0.5) is 0 Å². The molecule has 0 aliphatic heterocycles. The first-order chi connectivity index (χ1) is 15.0. The molecule has 4 aromatic rings. The first-order valence-electron chi connectivity index (χ1n) is 10.5. The standard InChI is InChI=1S/C24H27N5OS/c1-16(2)12-21-25-23(30-28-21)15-31-24-27-26-22(14-19-8-6-5-7-9-19)29(24)20-11-10-17(3)13-18(20)4/h5-11,13,16H,12,14-15H2,1-4H3. The van der Waals surface area contributed by atoms with Crippen molar-refractivity contribution in [2.24, 2.45) is 5.92 Å². The van der Waals surface area contributed by atoms with E-state index in [2.05, 4.69) is 82.9 Å². The zero-order chi connectivity index (χ0) is 21.8. The number of thioether (sulfide) groups is 1. The fraction of sp³-hybridized carbons (Fsp3) is 0.333. The number of rotatable bonds is 8. The summed E-state index contributed by atoms with van der Waals surface area (Å²) in [6, 6.07) is 16.8. The van der Waals surface area contributed by atoms with Gasteiger partial charge < -0.3 is 4.52 Å². The van der Waals surface area contributed by atoms with Crippen molar-refractivity contribution in [3.8, 4) is 5.69 Å². The molecule has 0 aliphatic carbocycles. The molecule has 0 amide bonds. The van der Waals surface area contributed by atoms with Crippen LogP contribution in [0.2, 0.25) is 0 Å². The Morgan fingerprint density at radius 2 is 1.84 bits per heavy atom. The molecule has 2 heterocycles. The predicted octanol–water partition coefficient (Wildman–Crippen LogP) is 5.35. The Labute approximate surface area is 187 Å². The van der Waals surface area contributed by atoms with Gasteiger partial charge in [-0.3, -0.25) is 4.57 Å². The lowest BCUT2D eigenvalue weighted by atomic mass is 10.1. The molecular formula is C24H27N5OS. The van der Waals surface area contributed by atoms with Crippen molar-refractivity contribution in [2.45, 2.75) is 51.4 Å². The maximum Gasteiger partial charge on any atom is 0.237 e. The largest absolute Gasteiger partial charge is 0.338 e. The SMILES string of the molecule is Cc1ccc(-n2c(Cc3ccccc3)nnc2SCc2nc(CC(C)C)no2)c(C)c1. The quantitative estimate of drug-likeness (QED) is 0.349. The van der Waals surface area contributed by atoms with E-state index in [1.54, 1.807) is 11.8 Å². The average molecular weight is 434 g/mol. The Morgan fingerprint density at radius 1 is 1.03 bits per heavy atom. The van der Waals surface area contributed by atoms with Gasteiger partial charge in [-0.2, -0.15) is 4.98 Å². The van der Waals surface area contributed by atoms with Gasteiger partial charge in [-0.1, -0.05) is 78.8 Å². The van der Waals surface area contributed by atoms with Gasteiger partial charge in [0.2, 0.25) is 5.89 Å². The van der Waals surface area contributed by atoms with Gasteiger partial charge in [-0.05, 0) is 37.0 Å². The summed E-state index contributed by atoms with van der Waals surface area (Å²) < 4.78 is 7.59. The first-order valence-corrected chi connectivity index (χ1v) is 11.5. The Kier molecular flexibility index (Phi) is 6.51. The van der Waals surface area contributed by atoms with Gasteiger partial charge in [0.05, 0.1) is 11.4 Å². The van der Waals surface area contributed by atoms with E-state index in [0.29, 0.717) is 24.0 Å². The highest BCUT2D eigenvalue weighted by Gasteiger charge is 2.18. The number of aryl methyl sites for hydroxylation is 2. The predicted molar refractivity (Wildman–Crippen MR) is 122 cm³/mol. The highest BCUT2D eigenvalue weighted by Crippen LogP contribution is 2.28. The molecule has 0 radical (unpaired) electrons. The summed E-state index contributed by atoms with van der Waals surface area (Å²) in [6.07, 6.45) is 1.52. The fourth-order valence-electron chi connectivity index (χ4n) is 3.51. The summed E-state index contributed by atoms with van der Waals surface area (Å²) in [6.45, 7) is 8.52. The number of hydrogen-bond donors (Lipinski definition) is 0. The third-order valence-electron chi connectivity index (χ3n) is 4.92. The molecular weight excluding hydrogens is 406 g/mol. The zero-order valence-corrected chi connectivity index (χ0v) is 19.2. The van der Waals surface area contributed by atoms with E-state index in [-0.39, 0.29) is 0 Å². The Balaban J connectivity index is 1.63. The molecule has 0 fully saturated rings. The summed E-state index contributed by atoms with van der Waals surface area (Å²) in [7, 11) is 0. The second-order valence-electron chi connectivity index (χ2n) is 8.18. The Morgan fingerprint density at radius 3 is 2.58 bits per heavy atom. The molecule has 7 heteroatoms. The fourth-order valence-corrected chi connectivity index (χ4v) is 4.31. The Bertz CT molecular complexity index is 1150. The maximum atomic E-state index is 5.44. The number of benzene rings is 2. The normalized spacial score (nSPS) is 11.4. The molecule has 0 saturated carbocycles. The number of aromatic nitrogens is 5. The minimum Gasteiger partial charge on any atom is -0.338 e. The minimum absolute atomic E-state index is 0.492. The van der Waals surface area contributed by atoms with E-state index < -0.39 is 0 Å². The zero-order valence-electron chi connectivity index (χ0n) is 18.4. The van der Waals surface area contributed by atoms with Crippen LogP contribution in [-0.4, -0.2) is 24.9 Å². The van der Waals surface area contributed by atoms with E-state index in [0.717, 1.165) is 28.9 Å². The minimum atomic E-state index is 0.492. The van der Waals surface area contributed by atoms with Gasteiger partial charge in [0.25, 0.3) is 0 Å². The van der Waals surface area contributed by atoms with Crippen molar-refractivity contribution in [3.63, 3.8) is 0 Å². The molecule has 4 rings (SSSR count). The monoisotopic (exact) mass is 433 g/mol. The smallest absolute Gasteiger partial charge is 0.237 e. The van der Waals surface area contributed by atoms with E-state index >= 15 is 0 Å². The van der Waals surface area contributed by atoms with E-state index in [1.165, 1.54) is 16.7 Å². The summed E-state index contributed by atoms with van der Waals surface area (Å²) in [5, 5.41) is 14.0. The molecule has 2 aromatic heterocycles. The van der Waals surface area contributed by atoms with Crippen LogP contribution in [0.3, 0.4) is 0 Å². The van der Waals surface area contributed by atoms with E-state index in [4.69, 9.17) is 4.52 Å². The van der Waals surface area contributed by atoms with Crippen LogP contribution in [-0.2, 0) is 18.6 Å². The van der Waals surface area contributed by atoms with Gasteiger partial charge in [0.15, 0.2) is 11.0 Å². The molecule has 0 saturated heterocycles. The van der Waals surface area contributed by atoms with Gasteiger partial charge in [0.1, 0.15) is 5.82 Å². The van der Waals surface area contributed by atoms with Gasteiger partial charge in [-0.25, -0.2) is 0 Å². The third-order valence-corrected chi connectivity index (χ3v) is 5.84. The molecule has 0 unspecified atom stereocenters. The van der Waals surface area contributed by atoms with Crippen LogP contribution in [0.5, 0.6) is 0 Å². The van der Waals surface area contributed by atoms with Gasteiger partial charge in [0, 0.05) is 12.8 Å². The molecule has 0 spiro atoms. The van der Waals surface area contributed by atoms with Crippen molar-refractivity contribution in [1.29, 1.82) is 0 Å². The summed E-state index contributed by atoms with van der Waals surface area (Å²) in [4.78, 5) is 4.52. The molecule has 6 nitrogen and oxygen atoms in total. The molecule has 0 bridgehead atoms. The lowest BCUT2D eigenvalue weighted by Crippen LogP contribution is -2.06. The molecule has 0 N–H and O–H groups in total. The van der Waals surface area contributed by atoms with E-state index in [1.807, 2.05) is 18.2 Å². The van der Waals surface area contributed by atoms with Crippen LogP contribution in [0, 0.1) is 19.8 Å². The van der Waals surface area contributed by atoms with Crippen molar-refractivity contribution in [3.05, 3.63) is 82.8 Å². The van der Waals surface area contributed by atoms with Gasteiger partial charge in [-0.15, -0.1) is 10.2 Å². The molecule has 0 aliphatic rings. The topological polar surface area (TPSA) is 69.6 Å². The molecule has 31 heavy (non-hydrogen) atoms. The number of nitrogens with zero attached hydrogens (tertiary/aromatic N) is 5. The van der Waals surface area contributed by atoms with Crippen LogP contribution < -0.4 is 0 Å². The van der Waals surface area contributed by atoms with Crippen molar-refractivity contribution in [2.75, 3.05) is 0 Å². The second-order valence-corrected chi connectivity index (χ2v) is 9.12. The summed E-state index contributed by atoms with van der Waals surface area (Å²) in [5.74, 6) is 3.32. The van der Waals surface area contributed by atoms with Crippen LogP contribution in [0.15, 0.2) is 58.2 Å². The molecule has 160 valence electrons. The lowest BCUT2D eigenvalue weighted by Gasteiger charge is -2.13. The van der Waals surface area contributed by atoms with Crippen LogP contribution >= 0.6 is 11.8 Å².